The fourth-order valence-electron chi connectivity index (χ4n) is 1.89. The summed E-state index contributed by atoms with van der Waals surface area (Å²) in [5.41, 5.74) is 8.87. The van der Waals surface area contributed by atoms with Gasteiger partial charge in [0.2, 0.25) is 5.88 Å². The number of aromatic nitrogens is 1. The van der Waals surface area contributed by atoms with Gasteiger partial charge in [0, 0.05) is 17.2 Å². The molecular formula is C14H14Br2N2O. The van der Waals surface area contributed by atoms with Crippen LogP contribution in [0.25, 0.3) is 0 Å². The van der Waals surface area contributed by atoms with Crippen LogP contribution in [0, 0.1) is 13.8 Å². The van der Waals surface area contributed by atoms with E-state index < -0.39 is 0 Å². The van der Waals surface area contributed by atoms with E-state index in [1.54, 1.807) is 6.20 Å². The molecule has 1 aromatic carbocycles. The lowest BCUT2D eigenvalue weighted by Gasteiger charge is -2.13. The Labute approximate surface area is 129 Å². The van der Waals surface area contributed by atoms with E-state index >= 15 is 0 Å². The van der Waals surface area contributed by atoms with Gasteiger partial charge in [-0.25, -0.2) is 4.98 Å². The topological polar surface area (TPSA) is 48.1 Å². The van der Waals surface area contributed by atoms with Crippen LogP contribution in [0.5, 0.6) is 11.6 Å². The summed E-state index contributed by atoms with van der Waals surface area (Å²) in [7, 11) is 0. The molecular weight excluding hydrogens is 372 g/mol. The van der Waals surface area contributed by atoms with Crippen LogP contribution in [-0.2, 0) is 6.54 Å². The molecule has 0 radical (unpaired) electrons. The molecule has 0 atom stereocenters. The summed E-state index contributed by atoms with van der Waals surface area (Å²) >= 11 is 6.81. The first-order valence-electron chi connectivity index (χ1n) is 5.80. The quantitative estimate of drug-likeness (QED) is 0.847. The molecule has 19 heavy (non-hydrogen) atoms. The average Bonchev–Trinajstić information content (AvgIpc) is 2.35. The second-order valence-corrected chi connectivity index (χ2v) is 6.08. The van der Waals surface area contributed by atoms with Crippen LogP contribution in [0.4, 0.5) is 0 Å². The minimum Gasteiger partial charge on any atom is -0.437 e. The summed E-state index contributed by atoms with van der Waals surface area (Å²) in [5, 5.41) is 0. The molecule has 0 bridgehead atoms. The molecule has 0 saturated heterocycles. The number of hydrogen-bond acceptors (Lipinski definition) is 3. The first kappa shape index (κ1) is 14.5. The van der Waals surface area contributed by atoms with Crippen LogP contribution in [0.2, 0.25) is 0 Å². The molecule has 5 heteroatoms. The van der Waals surface area contributed by atoms with Gasteiger partial charge in [0.1, 0.15) is 5.75 Å². The summed E-state index contributed by atoms with van der Waals surface area (Å²) in [6.07, 6.45) is 1.71. The maximum absolute atomic E-state index is 5.91. The smallest absolute Gasteiger partial charge is 0.233 e. The van der Waals surface area contributed by atoms with E-state index in [9.17, 15) is 0 Å². The normalized spacial score (nSPS) is 10.6. The van der Waals surface area contributed by atoms with Gasteiger partial charge in [0.05, 0.1) is 4.47 Å². The average molecular weight is 386 g/mol. The Balaban J connectivity index is 2.38. The Morgan fingerprint density at radius 3 is 2.32 bits per heavy atom. The number of aryl methyl sites for hydroxylation is 2. The van der Waals surface area contributed by atoms with Crippen LogP contribution in [0.15, 0.2) is 33.3 Å². The molecule has 2 aromatic rings. The summed E-state index contributed by atoms with van der Waals surface area (Å²) < 4.78 is 7.62. The first-order valence-corrected chi connectivity index (χ1v) is 7.39. The second-order valence-electron chi connectivity index (χ2n) is 4.31. The molecule has 0 fully saturated rings. The number of ether oxygens (including phenoxy) is 1. The third kappa shape index (κ3) is 3.35. The minimum absolute atomic E-state index is 0.530. The van der Waals surface area contributed by atoms with Crippen molar-refractivity contribution in [3.8, 4) is 11.6 Å². The van der Waals surface area contributed by atoms with Crippen molar-refractivity contribution in [3.05, 3.63) is 50.0 Å². The zero-order chi connectivity index (χ0) is 14.0. The molecule has 0 spiro atoms. The first-order chi connectivity index (χ1) is 9.01. The fourth-order valence-corrected chi connectivity index (χ4v) is 2.96. The van der Waals surface area contributed by atoms with Crippen molar-refractivity contribution >= 4 is 31.9 Å². The number of rotatable bonds is 3. The molecule has 1 aromatic heterocycles. The number of nitrogens with zero attached hydrogens (tertiary/aromatic N) is 1. The predicted octanol–water partition coefficient (Wildman–Crippen LogP) is 4.47. The van der Waals surface area contributed by atoms with Gasteiger partial charge in [-0.1, -0.05) is 12.1 Å². The van der Waals surface area contributed by atoms with Gasteiger partial charge in [0.15, 0.2) is 0 Å². The van der Waals surface area contributed by atoms with Crippen molar-refractivity contribution < 1.29 is 4.74 Å². The van der Waals surface area contributed by atoms with Gasteiger partial charge in [-0.05, 0) is 68.5 Å². The number of pyridine rings is 1. The van der Waals surface area contributed by atoms with Crippen molar-refractivity contribution in [3.63, 3.8) is 0 Å². The van der Waals surface area contributed by atoms with Gasteiger partial charge in [-0.3, -0.25) is 0 Å². The summed E-state index contributed by atoms with van der Waals surface area (Å²) in [4.78, 5) is 4.26. The summed E-state index contributed by atoms with van der Waals surface area (Å²) in [6, 6.07) is 5.98. The van der Waals surface area contributed by atoms with Crippen molar-refractivity contribution in [2.45, 2.75) is 20.4 Å². The van der Waals surface area contributed by atoms with Crippen LogP contribution >= 0.6 is 31.9 Å². The standard InChI is InChI=1S/C14H14Br2N2O/c1-8-3-10(6-17)4-9(2)13(8)19-14-12(16)5-11(15)7-18-14/h3-5,7H,6,17H2,1-2H3. The molecule has 0 aliphatic rings. The Morgan fingerprint density at radius 2 is 1.79 bits per heavy atom. The van der Waals surface area contributed by atoms with Gasteiger partial charge < -0.3 is 10.5 Å². The predicted molar refractivity (Wildman–Crippen MR) is 83.5 cm³/mol. The number of hydrogen-bond donors (Lipinski definition) is 1. The number of nitrogens with two attached hydrogens (primary N) is 1. The Hall–Kier alpha value is -0.910. The van der Waals surface area contributed by atoms with E-state index in [0.717, 1.165) is 31.4 Å². The van der Waals surface area contributed by atoms with E-state index in [-0.39, 0.29) is 0 Å². The maximum atomic E-state index is 5.91. The lowest BCUT2D eigenvalue weighted by Crippen LogP contribution is -2.00. The van der Waals surface area contributed by atoms with Crippen LogP contribution in [-0.4, -0.2) is 4.98 Å². The number of halogens is 2. The molecule has 2 rings (SSSR count). The molecule has 0 aliphatic carbocycles. The Bertz CT molecular complexity index is 591. The molecule has 0 aliphatic heterocycles. The van der Waals surface area contributed by atoms with E-state index in [0.29, 0.717) is 12.4 Å². The largest absolute Gasteiger partial charge is 0.437 e. The molecule has 2 N–H and O–H groups in total. The zero-order valence-corrected chi connectivity index (χ0v) is 13.9. The molecule has 3 nitrogen and oxygen atoms in total. The molecule has 0 amide bonds. The van der Waals surface area contributed by atoms with Gasteiger partial charge in [-0.15, -0.1) is 0 Å². The highest BCUT2D eigenvalue weighted by Gasteiger charge is 2.10. The molecule has 0 saturated carbocycles. The van der Waals surface area contributed by atoms with Crippen molar-refractivity contribution in [1.82, 2.24) is 4.98 Å². The van der Waals surface area contributed by atoms with Gasteiger partial charge >= 0.3 is 0 Å². The SMILES string of the molecule is Cc1cc(CN)cc(C)c1Oc1ncc(Br)cc1Br. The highest BCUT2D eigenvalue weighted by atomic mass is 79.9. The van der Waals surface area contributed by atoms with Crippen LogP contribution < -0.4 is 10.5 Å². The van der Waals surface area contributed by atoms with E-state index in [4.69, 9.17) is 10.5 Å². The highest BCUT2D eigenvalue weighted by molar-refractivity contribution is 9.11. The molecule has 1 heterocycles. The fraction of sp³-hybridized carbons (Fsp3) is 0.214. The monoisotopic (exact) mass is 384 g/mol. The van der Waals surface area contributed by atoms with E-state index in [1.165, 1.54) is 0 Å². The number of benzene rings is 1. The Kier molecular flexibility index (Phi) is 4.60. The maximum Gasteiger partial charge on any atom is 0.233 e. The van der Waals surface area contributed by atoms with Gasteiger partial charge in [0.25, 0.3) is 0 Å². The van der Waals surface area contributed by atoms with Gasteiger partial charge in [-0.2, -0.15) is 0 Å². The third-order valence-electron chi connectivity index (χ3n) is 2.73. The van der Waals surface area contributed by atoms with Crippen LogP contribution in [0.1, 0.15) is 16.7 Å². The van der Waals surface area contributed by atoms with E-state index in [2.05, 4.69) is 36.8 Å². The zero-order valence-electron chi connectivity index (χ0n) is 10.7. The third-order valence-corrected chi connectivity index (χ3v) is 3.73. The highest BCUT2D eigenvalue weighted by Crippen LogP contribution is 2.33. The lowest BCUT2D eigenvalue weighted by molar-refractivity contribution is 0.452. The summed E-state index contributed by atoms with van der Waals surface area (Å²) in [5.74, 6) is 1.38. The lowest BCUT2D eigenvalue weighted by atomic mass is 10.1. The van der Waals surface area contributed by atoms with E-state index in [1.807, 2.05) is 32.0 Å². The molecule has 0 unspecified atom stereocenters. The molecule has 100 valence electrons. The van der Waals surface area contributed by atoms with Crippen LogP contribution in [0.3, 0.4) is 0 Å². The van der Waals surface area contributed by atoms with Crippen molar-refractivity contribution in [2.24, 2.45) is 5.73 Å². The van der Waals surface area contributed by atoms with Crippen molar-refractivity contribution in [2.75, 3.05) is 0 Å². The van der Waals surface area contributed by atoms with Crippen molar-refractivity contribution in [1.29, 1.82) is 0 Å². The summed E-state index contributed by atoms with van der Waals surface area (Å²) in [6.45, 7) is 4.55. The minimum atomic E-state index is 0.530. The second kappa shape index (κ2) is 6.03. The Morgan fingerprint density at radius 1 is 1.16 bits per heavy atom.